The molecule has 1 aromatic carbocycles. The Morgan fingerprint density at radius 1 is 1.29 bits per heavy atom. The highest BCUT2D eigenvalue weighted by Gasteiger charge is 2.35. The van der Waals surface area contributed by atoms with Gasteiger partial charge < -0.3 is 9.26 Å². The lowest BCUT2D eigenvalue weighted by atomic mass is 10.1. The smallest absolute Gasteiger partial charge is 0.404 e. The highest BCUT2D eigenvalue weighted by Crippen LogP contribution is 2.37. The molecule has 0 saturated heterocycles. The highest BCUT2D eigenvalue weighted by molar-refractivity contribution is 7.89. The molecular weight excluding hydrogens is 336 g/mol. The summed E-state index contributed by atoms with van der Waals surface area (Å²) >= 11 is 0. The molecular formula is C10H12F3O6PS. The summed E-state index contributed by atoms with van der Waals surface area (Å²) in [5, 5.41) is 0. The number of halogens is 3. The fraction of sp³-hybridized carbons (Fsp3) is 0.400. The Kier molecular flexibility index (Phi) is 5.80. The maximum Gasteiger partial charge on any atom is 0.573 e. The van der Waals surface area contributed by atoms with Crippen LogP contribution in [0.15, 0.2) is 23.1 Å². The van der Waals surface area contributed by atoms with Crippen molar-refractivity contribution < 1.29 is 39.4 Å². The first-order chi connectivity index (χ1) is 9.60. The number of ether oxygens (including phenoxy) is 1. The summed E-state index contributed by atoms with van der Waals surface area (Å²) < 4.78 is 84.1. The summed E-state index contributed by atoms with van der Waals surface area (Å²) in [4.78, 5) is -0.819. The van der Waals surface area contributed by atoms with Crippen LogP contribution < -0.4 is 4.74 Å². The van der Waals surface area contributed by atoms with Crippen LogP contribution in [0, 0.1) is 0 Å². The third-order valence-electron chi connectivity index (χ3n) is 2.26. The third kappa shape index (κ3) is 4.99. The first-order valence-electron chi connectivity index (χ1n) is 5.50. The van der Waals surface area contributed by atoms with Crippen molar-refractivity contribution >= 4 is 18.4 Å². The monoisotopic (exact) mass is 348 g/mol. The number of alkyl halides is 3. The fourth-order valence-corrected chi connectivity index (χ4v) is 3.71. The van der Waals surface area contributed by atoms with Gasteiger partial charge in [-0.05, 0) is 18.1 Å². The van der Waals surface area contributed by atoms with Crippen molar-refractivity contribution in [3.63, 3.8) is 0 Å². The first-order valence-corrected chi connectivity index (χ1v) is 8.14. The van der Waals surface area contributed by atoms with Gasteiger partial charge in [-0.1, -0.05) is 19.1 Å². The van der Waals surface area contributed by atoms with Gasteiger partial charge in [0.05, 0.1) is 0 Å². The average molecular weight is 348 g/mol. The minimum Gasteiger partial charge on any atom is -0.404 e. The molecule has 0 heterocycles. The molecule has 0 amide bonds. The zero-order valence-corrected chi connectivity index (χ0v) is 12.7. The number of rotatable bonds is 6. The Labute approximate surface area is 119 Å². The van der Waals surface area contributed by atoms with E-state index in [1.165, 1.54) is 19.1 Å². The van der Waals surface area contributed by atoms with Gasteiger partial charge in [0.15, 0.2) is 5.75 Å². The van der Waals surface area contributed by atoms with Crippen LogP contribution in [0.3, 0.4) is 0 Å². The van der Waals surface area contributed by atoms with Crippen LogP contribution in [0.5, 0.6) is 5.75 Å². The van der Waals surface area contributed by atoms with Crippen LogP contribution in [0.1, 0.15) is 12.5 Å². The van der Waals surface area contributed by atoms with E-state index in [-0.39, 0.29) is 12.0 Å². The molecule has 11 heteroatoms. The van der Waals surface area contributed by atoms with Crippen LogP contribution in [-0.4, -0.2) is 21.9 Å². The maximum absolute atomic E-state index is 12.3. The van der Waals surface area contributed by atoms with E-state index < -0.39 is 35.4 Å². The van der Waals surface area contributed by atoms with Crippen molar-refractivity contribution in [2.45, 2.75) is 24.6 Å². The molecule has 0 aliphatic rings. The van der Waals surface area contributed by atoms with Gasteiger partial charge in [-0.2, -0.15) is 12.4 Å². The Morgan fingerprint density at radius 3 is 2.38 bits per heavy atom. The van der Waals surface area contributed by atoms with Crippen LogP contribution in [0.2, 0.25) is 0 Å². The van der Waals surface area contributed by atoms with Gasteiger partial charge in [0.25, 0.3) is 0 Å². The largest absolute Gasteiger partial charge is 0.573 e. The summed E-state index contributed by atoms with van der Waals surface area (Å²) in [7, 11) is -7.19. The number of hydrogen-bond acceptors (Lipinski definition) is 6. The molecule has 0 fully saturated rings. The van der Waals surface area contributed by atoms with Gasteiger partial charge in [-0.3, -0.25) is 4.57 Å². The Hall–Kier alpha value is -1.09. The summed E-state index contributed by atoms with van der Waals surface area (Å²) in [5.74, 6) is -0.951. The molecule has 0 aliphatic carbocycles. The minimum atomic E-state index is -5.08. The van der Waals surface area contributed by atoms with Crippen LogP contribution >= 0.6 is 8.25 Å². The molecule has 0 aromatic heterocycles. The summed E-state index contributed by atoms with van der Waals surface area (Å²) in [6.45, 7) is 1.53. The molecule has 0 radical (unpaired) electrons. The van der Waals surface area contributed by atoms with E-state index in [0.717, 1.165) is 13.2 Å². The molecule has 1 rings (SSSR count). The molecule has 0 spiro atoms. The molecule has 0 saturated carbocycles. The molecule has 1 atom stereocenters. The quantitative estimate of drug-likeness (QED) is 0.736. The molecule has 0 N–H and O–H groups in total. The number of benzene rings is 1. The van der Waals surface area contributed by atoms with E-state index in [9.17, 15) is 26.2 Å². The van der Waals surface area contributed by atoms with E-state index in [2.05, 4.69) is 13.2 Å². The topological polar surface area (TPSA) is 78.9 Å². The Bertz CT molecular complexity index is 628. The fourth-order valence-electron chi connectivity index (χ4n) is 1.49. The Morgan fingerprint density at radius 2 is 1.90 bits per heavy atom. The van der Waals surface area contributed by atoms with Crippen LogP contribution in [0.25, 0.3) is 0 Å². The van der Waals surface area contributed by atoms with Gasteiger partial charge in [0.1, 0.15) is 4.90 Å². The standard InChI is InChI=1S/C10H12F3O6PS/c1-3-7-5-4-6-8(18-10(11,12)13)9(7)21(15,16)19-20(14)17-2/h4-6,20H,3H2,1-2H3. The molecule has 1 aromatic rings. The average Bonchev–Trinajstić information content (AvgIpc) is 2.35. The van der Waals surface area contributed by atoms with Crippen LogP contribution in [0.4, 0.5) is 13.2 Å². The molecule has 1 unspecified atom stereocenters. The van der Waals surface area contributed by atoms with E-state index in [1.807, 2.05) is 0 Å². The summed E-state index contributed by atoms with van der Waals surface area (Å²) in [6.07, 6.45) is -4.98. The molecule has 6 nitrogen and oxygen atoms in total. The van der Waals surface area contributed by atoms with E-state index in [4.69, 9.17) is 0 Å². The second-order valence-electron chi connectivity index (χ2n) is 3.64. The van der Waals surface area contributed by atoms with Gasteiger partial charge >= 0.3 is 24.7 Å². The zero-order valence-electron chi connectivity index (χ0n) is 10.9. The lowest BCUT2D eigenvalue weighted by Gasteiger charge is -2.15. The predicted molar refractivity (Wildman–Crippen MR) is 66.8 cm³/mol. The third-order valence-corrected chi connectivity index (χ3v) is 4.98. The Balaban J connectivity index is 3.41. The van der Waals surface area contributed by atoms with Crippen molar-refractivity contribution in [3.8, 4) is 5.75 Å². The zero-order chi connectivity index (χ0) is 16.3. The second kappa shape index (κ2) is 6.78. The van der Waals surface area contributed by atoms with E-state index >= 15 is 0 Å². The molecule has 21 heavy (non-hydrogen) atoms. The summed E-state index contributed by atoms with van der Waals surface area (Å²) in [5.41, 5.74) is 0.0302. The van der Waals surface area contributed by atoms with Crippen molar-refractivity contribution in [2.24, 2.45) is 0 Å². The lowest BCUT2D eigenvalue weighted by molar-refractivity contribution is -0.275. The molecule has 0 aliphatic heterocycles. The van der Waals surface area contributed by atoms with Crippen LogP contribution in [-0.2, 0) is 29.6 Å². The SMILES string of the molecule is CCc1cccc(OC(F)(F)F)c1S(=O)(=O)O[PH](=O)OC. The second-order valence-corrected chi connectivity index (χ2v) is 6.53. The highest BCUT2D eigenvalue weighted by atomic mass is 32.2. The van der Waals surface area contributed by atoms with Crippen molar-refractivity contribution in [3.05, 3.63) is 23.8 Å². The lowest BCUT2D eigenvalue weighted by Crippen LogP contribution is -2.20. The van der Waals surface area contributed by atoms with Gasteiger partial charge in [-0.15, -0.1) is 13.2 Å². The van der Waals surface area contributed by atoms with Crippen molar-refractivity contribution in [1.29, 1.82) is 0 Å². The normalized spacial score (nSPS) is 14.0. The van der Waals surface area contributed by atoms with Gasteiger partial charge in [0, 0.05) is 7.11 Å². The van der Waals surface area contributed by atoms with Gasteiger partial charge in [0.2, 0.25) is 0 Å². The van der Waals surface area contributed by atoms with Crippen molar-refractivity contribution in [1.82, 2.24) is 0 Å². The molecule has 0 bridgehead atoms. The van der Waals surface area contributed by atoms with Crippen molar-refractivity contribution in [2.75, 3.05) is 7.11 Å². The minimum absolute atomic E-state index is 0.0302. The first kappa shape index (κ1) is 18.0. The summed E-state index contributed by atoms with van der Waals surface area (Å²) in [6, 6.07) is 3.33. The van der Waals surface area contributed by atoms with E-state index in [1.54, 1.807) is 0 Å². The van der Waals surface area contributed by atoms with E-state index in [0.29, 0.717) is 0 Å². The number of hydrogen-bond donors (Lipinski definition) is 0. The van der Waals surface area contributed by atoms with Gasteiger partial charge in [-0.25, -0.2) is 0 Å². The maximum atomic E-state index is 12.3. The predicted octanol–water partition coefficient (Wildman–Crippen LogP) is 2.89. The number of aryl methyl sites for hydroxylation is 1. The molecule has 120 valence electrons.